The molecule has 3 fully saturated rings. The van der Waals surface area contributed by atoms with Crippen molar-refractivity contribution >= 4 is 0 Å². The third-order valence-electron chi connectivity index (χ3n) is 5.79. The Labute approximate surface area is 125 Å². The maximum absolute atomic E-state index is 3.77. The number of hydrazine groups is 1. The van der Waals surface area contributed by atoms with E-state index in [1.807, 2.05) is 0 Å². The van der Waals surface area contributed by atoms with Crippen molar-refractivity contribution < 1.29 is 0 Å². The summed E-state index contributed by atoms with van der Waals surface area (Å²) < 4.78 is 0. The number of fused-ring (bicyclic) bond motifs is 2. The van der Waals surface area contributed by atoms with E-state index in [4.69, 9.17) is 0 Å². The van der Waals surface area contributed by atoms with Crippen LogP contribution in [0.3, 0.4) is 0 Å². The highest BCUT2D eigenvalue weighted by Crippen LogP contribution is 2.40. The van der Waals surface area contributed by atoms with Gasteiger partial charge in [-0.2, -0.15) is 0 Å². The van der Waals surface area contributed by atoms with E-state index in [1.165, 1.54) is 57.9 Å². The topological polar surface area (TPSA) is 18.5 Å². The van der Waals surface area contributed by atoms with Crippen LogP contribution < -0.4 is 5.32 Å². The molecule has 0 aromatic heterocycles. The molecule has 3 aliphatic rings. The third kappa shape index (κ3) is 2.77. The van der Waals surface area contributed by atoms with Gasteiger partial charge in [-0.3, -0.25) is 0 Å². The van der Waals surface area contributed by atoms with Gasteiger partial charge in [0, 0.05) is 30.2 Å². The highest BCUT2D eigenvalue weighted by Gasteiger charge is 2.46. The van der Waals surface area contributed by atoms with Crippen molar-refractivity contribution in [2.75, 3.05) is 6.54 Å². The van der Waals surface area contributed by atoms with Crippen molar-refractivity contribution in [1.29, 1.82) is 0 Å². The first kappa shape index (κ1) is 14.8. The van der Waals surface area contributed by atoms with Crippen LogP contribution >= 0.6 is 0 Å². The second-order valence-electron chi connectivity index (χ2n) is 7.40. The van der Waals surface area contributed by atoms with Gasteiger partial charge in [-0.25, -0.2) is 10.0 Å². The average Bonchev–Trinajstić information content (AvgIpc) is 2.68. The van der Waals surface area contributed by atoms with Crippen molar-refractivity contribution in [2.45, 2.75) is 102 Å². The third-order valence-corrected chi connectivity index (χ3v) is 5.79. The highest BCUT2D eigenvalue weighted by atomic mass is 15.7. The molecule has 0 aliphatic carbocycles. The first-order valence-electron chi connectivity index (χ1n) is 9.00. The zero-order valence-corrected chi connectivity index (χ0v) is 13.6. The van der Waals surface area contributed by atoms with E-state index < -0.39 is 0 Å². The summed E-state index contributed by atoms with van der Waals surface area (Å²) in [6.45, 7) is 8.35. The smallest absolute Gasteiger partial charge is 0.0264 e. The standard InChI is InChI=1S/C17H33N3/c1-4-10-18-15-11-16-8-9-17(12-15)20(16)19-13(2)6-5-7-14(19)3/h13-18H,4-12H2,1-3H3. The minimum absolute atomic E-state index is 0.752. The Balaban J connectivity index is 1.67. The van der Waals surface area contributed by atoms with Gasteiger partial charge in [-0.1, -0.05) is 13.3 Å². The van der Waals surface area contributed by atoms with E-state index in [1.54, 1.807) is 0 Å². The summed E-state index contributed by atoms with van der Waals surface area (Å²) in [5, 5.41) is 9.38. The van der Waals surface area contributed by atoms with Gasteiger partial charge in [0.1, 0.15) is 0 Å². The predicted molar refractivity (Wildman–Crippen MR) is 84.6 cm³/mol. The molecule has 3 aliphatic heterocycles. The minimum Gasteiger partial charge on any atom is -0.314 e. The largest absolute Gasteiger partial charge is 0.314 e. The van der Waals surface area contributed by atoms with Crippen LogP contribution in [0.15, 0.2) is 0 Å². The predicted octanol–water partition coefficient (Wildman–Crippen LogP) is 3.16. The fraction of sp³-hybridized carbons (Fsp3) is 1.00. The number of piperidine rings is 2. The van der Waals surface area contributed by atoms with Crippen molar-refractivity contribution in [3.05, 3.63) is 0 Å². The van der Waals surface area contributed by atoms with Crippen LogP contribution in [-0.4, -0.2) is 46.8 Å². The molecule has 3 heterocycles. The lowest BCUT2D eigenvalue weighted by Crippen LogP contribution is -2.62. The Morgan fingerprint density at radius 1 is 0.900 bits per heavy atom. The summed E-state index contributed by atoms with van der Waals surface area (Å²) >= 11 is 0. The van der Waals surface area contributed by atoms with Crippen molar-refractivity contribution in [3.63, 3.8) is 0 Å². The molecule has 3 heteroatoms. The molecule has 0 aromatic carbocycles. The Bertz CT molecular complexity index is 295. The minimum atomic E-state index is 0.752. The molecule has 20 heavy (non-hydrogen) atoms. The van der Waals surface area contributed by atoms with Crippen LogP contribution in [0.1, 0.15) is 72.1 Å². The molecule has 0 aromatic rings. The Hall–Kier alpha value is -0.120. The zero-order chi connectivity index (χ0) is 14.1. The molecule has 116 valence electrons. The molecule has 2 bridgehead atoms. The van der Waals surface area contributed by atoms with Gasteiger partial charge in [-0.15, -0.1) is 0 Å². The summed E-state index contributed by atoms with van der Waals surface area (Å²) in [5.41, 5.74) is 0. The van der Waals surface area contributed by atoms with Crippen LogP contribution in [0.5, 0.6) is 0 Å². The molecule has 3 rings (SSSR count). The lowest BCUT2D eigenvalue weighted by atomic mass is 9.95. The molecular weight excluding hydrogens is 246 g/mol. The molecule has 4 atom stereocenters. The van der Waals surface area contributed by atoms with E-state index in [9.17, 15) is 0 Å². The van der Waals surface area contributed by atoms with E-state index in [0.29, 0.717) is 0 Å². The van der Waals surface area contributed by atoms with Gasteiger partial charge >= 0.3 is 0 Å². The van der Waals surface area contributed by atoms with Crippen LogP contribution in [-0.2, 0) is 0 Å². The van der Waals surface area contributed by atoms with E-state index >= 15 is 0 Å². The SMILES string of the molecule is CCCNC1CC2CCC(C1)N2N1C(C)CCCC1C. The highest BCUT2D eigenvalue weighted by molar-refractivity contribution is 4.98. The van der Waals surface area contributed by atoms with Crippen LogP contribution in [0.2, 0.25) is 0 Å². The summed E-state index contributed by atoms with van der Waals surface area (Å²) in [4.78, 5) is 0. The number of rotatable bonds is 4. The monoisotopic (exact) mass is 279 g/mol. The van der Waals surface area contributed by atoms with E-state index in [0.717, 1.165) is 30.2 Å². The Morgan fingerprint density at radius 3 is 2.05 bits per heavy atom. The van der Waals surface area contributed by atoms with Crippen LogP contribution in [0, 0.1) is 0 Å². The van der Waals surface area contributed by atoms with Gasteiger partial charge < -0.3 is 5.32 Å². The first-order chi connectivity index (χ1) is 9.70. The maximum Gasteiger partial charge on any atom is 0.0264 e. The molecule has 3 saturated heterocycles. The Morgan fingerprint density at radius 2 is 1.50 bits per heavy atom. The fourth-order valence-electron chi connectivity index (χ4n) is 4.91. The molecule has 0 amide bonds. The summed E-state index contributed by atoms with van der Waals surface area (Å²) in [6.07, 6.45) is 11.0. The number of nitrogens with zero attached hydrogens (tertiary/aromatic N) is 2. The normalized spacial score (nSPS) is 43.0. The molecule has 0 spiro atoms. The number of hydrogen-bond donors (Lipinski definition) is 1. The number of hydrogen-bond acceptors (Lipinski definition) is 3. The molecular formula is C17H33N3. The lowest BCUT2D eigenvalue weighted by molar-refractivity contribution is -0.151. The van der Waals surface area contributed by atoms with Crippen molar-refractivity contribution in [2.24, 2.45) is 0 Å². The van der Waals surface area contributed by atoms with Gasteiger partial charge in [-0.05, 0) is 65.3 Å². The fourth-order valence-corrected chi connectivity index (χ4v) is 4.91. The van der Waals surface area contributed by atoms with E-state index in [-0.39, 0.29) is 0 Å². The van der Waals surface area contributed by atoms with Crippen LogP contribution in [0.25, 0.3) is 0 Å². The van der Waals surface area contributed by atoms with Gasteiger partial charge in [0.2, 0.25) is 0 Å². The van der Waals surface area contributed by atoms with E-state index in [2.05, 4.69) is 36.1 Å². The van der Waals surface area contributed by atoms with Gasteiger partial charge in [0.15, 0.2) is 0 Å². The average molecular weight is 279 g/mol. The van der Waals surface area contributed by atoms with Crippen LogP contribution in [0.4, 0.5) is 0 Å². The van der Waals surface area contributed by atoms with Gasteiger partial charge in [0.25, 0.3) is 0 Å². The second-order valence-corrected chi connectivity index (χ2v) is 7.40. The first-order valence-corrected chi connectivity index (χ1v) is 9.00. The lowest BCUT2D eigenvalue weighted by Gasteiger charge is -2.52. The molecule has 0 radical (unpaired) electrons. The van der Waals surface area contributed by atoms with Crippen molar-refractivity contribution in [1.82, 2.24) is 15.3 Å². The summed E-state index contributed by atoms with van der Waals surface area (Å²) in [5.74, 6) is 0. The molecule has 4 unspecified atom stereocenters. The van der Waals surface area contributed by atoms with Crippen molar-refractivity contribution in [3.8, 4) is 0 Å². The molecule has 0 saturated carbocycles. The summed E-state index contributed by atoms with van der Waals surface area (Å²) in [6, 6.07) is 3.90. The second kappa shape index (κ2) is 6.33. The Kier molecular flexibility index (Phi) is 4.68. The van der Waals surface area contributed by atoms with Gasteiger partial charge in [0.05, 0.1) is 0 Å². The zero-order valence-electron chi connectivity index (χ0n) is 13.6. The number of nitrogens with one attached hydrogen (secondary N) is 1. The maximum atomic E-state index is 3.77. The molecule has 1 N–H and O–H groups in total. The molecule has 3 nitrogen and oxygen atoms in total. The summed E-state index contributed by atoms with van der Waals surface area (Å²) in [7, 11) is 0. The quantitative estimate of drug-likeness (QED) is 0.853.